The summed E-state index contributed by atoms with van der Waals surface area (Å²) in [5.74, 6) is -0.865. The number of carbonyl (C=O) groups is 1. The van der Waals surface area contributed by atoms with Crippen LogP contribution in [-0.4, -0.2) is 43.0 Å². The Balaban J connectivity index is 2.46. The van der Waals surface area contributed by atoms with Crippen molar-refractivity contribution in [2.24, 2.45) is 0 Å². The smallest absolute Gasteiger partial charge is 0.315 e. The van der Waals surface area contributed by atoms with E-state index in [2.05, 4.69) is 4.98 Å². The molecule has 1 aromatic rings. The summed E-state index contributed by atoms with van der Waals surface area (Å²) in [7, 11) is 1.63. The van der Waals surface area contributed by atoms with E-state index in [1.54, 1.807) is 26.3 Å². The lowest BCUT2D eigenvalue weighted by atomic mass is 9.90. The maximum absolute atomic E-state index is 11.1. The second kappa shape index (κ2) is 6.82. The number of aliphatic carboxylic acids is 1. The molecule has 0 aliphatic carbocycles. The first-order valence-corrected chi connectivity index (χ1v) is 6.61. The Hall–Kier alpha value is -0.980. The summed E-state index contributed by atoms with van der Waals surface area (Å²) in [6.45, 7) is 5.03. The molecule has 0 radical (unpaired) electrons. The fraction of sp³-hybridized carbons (Fsp3) is 0.667. The lowest BCUT2D eigenvalue weighted by molar-refractivity contribution is -0.142. The molecule has 1 aromatic heterocycles. The molecule has 0 saturated heterocycles. The maximum Gasteiger partial charge on any atom is 0.315 e. The first-order valence-electron chi connectivity index (χ1n) is 5.73. The molecule has 0 amide bonds. The highest BCUT2D eigenvalue weighted by Gasteiger charge is 2.31. The van der Waals surface area contributed by atoms with Crippen LogP contribution in [0.1, 0.15) is 24.5 Å². The van der Waals surface area contributed by atoms with Gasteiger partial charge in [0.25, 0.3) is 0 Å². The first-order chi connectivity index (χ1) is 8.48. The SMILES string of the molecule is COCCOCCc1nc(C(C)(C)C(=O)O)cs1. The predicted octanol–water partition coefficient (Wildman–Crippen LogP) is 1.71. The maximum atomic E-state index is 11.1. The van der Waals surface area contributed by atoms with E-state index in [4.69, 9.17) is 14.6 Å². The van der Waals surface area contributed by atoms with Gasteiger partial charge in [0.05, 0.1) is 30.5 Å². The lowest BCUT2D eigenvalue weighted by Gasteiger charge is -2.15. The van der Waals surface area contributed by atoms with Gasteiger partial charge >= 0.3 is 5.97 Å². The van der Waals surface area contributed by atoms with E-state index in [0.717, 1.165) is 5.01 Å². The topological polar surface area (TPSA) is 68.7 Å². The molecule has 0 aromatic carbocycles. The van der Waals surface area contributed by atoms with Crippen molar-refractivity contribution < 1.29 is 19.4 Å². The molecule has 1 N–H and O–H groups in total. The minimum absolute atomic E-state index is 0.565. The fourth-order valence-electron chi connectivity index (χ4n) is 1.23. The van der Waals surface area contributed by atoms with Crippen molar-refractivity contribution in [2.45, 2.75) is 25.7 Å². The van der Waals surface area contributed by atoms with Crippen LogP contribution in [0.4, 0.5) is 0 Å². The van der Waals surface area contributed by atoms with E-state index >= 15 is 0 Å². The Bertz CT molecular complexity index is 389. The first kappa shape index (κ1) is 15.1. The zero-order valence-corrected chi connectivity index (χ0v) is 11.7. The second-order valence-corrected chi connectivity index (χ2v) is 5.35. The number of aromatic nitrogens is 1. The molecule has 6 heteroatoms. The van der Waals surface area contributed by atoms with E-state index in [-0.39, 0.29) is 0 Å². The van der Waals surface area contributed by atoms with Gasteiger partial charge in [-0.1, -0.05) is 0 Å². The van der Waals surface area contributed by atoms with Gasteiger partial charge in [-0.25, -0.2) is 4.98 Å². The number of methoxy groups -OCH3 is 1. The van der Waals surface area contributed by atoms with Crippen LogP contribution in [0.5, 0.6) is 0 Å². The van der Waals surface area contributed by atoms with Gasteiger partial charge in [0.2, 0.25) is 0 Å². The van der Waals surface area contributed by atoms with Crippen LogP contribution < -0.4 is 0 Å². The van der Waals surface area contributed by atoms with E-state index < -0.39 is 11.4 Å². The van der Waals surface area contributed by atoms with Crippen molar-refractivity contribution >= 4 is 17.3 Å². The molecule has 0 spiro atoms. The van der Waals surface area contributed by atoms with Crippen molar-refractivity contribution in [3.8, 4) is 0 Å². The molecule has 0 atom stereocenters. The number of thiazole rings is 1. The van der Waals surface area contributed by atoms with Crippen molar-refractivity contribution in [1.29, 1.82) is 0 Å². The second-order valence-electron chi connectivity index (χ2n) is 4.41. The van der Waals surface area contributed by atoms with Gasteiger partial charge in [0.15, 0.2) is 0 Å². The molecule has 18 heavy (non-hydrogen) atoms. The highest BCUT2D eigenvalue weighted by molar-refractivity contribution is 7.09. The van der Waals surface area contributed by atoms with E-state index in [1.807, 2.05) is 0 Å². The average Bonchev–Trinajstić information content (AvgIpc) is 2.78. The molecule has 0 bridgehead atoms. The summed E-state index contributed by atoms with van der Waals surface area (Å²) in [4.78, 5) is 15.4. The Morgan fingerprint density at radius 1 is 1.44 bits per heavy atom. The number of hydrogen-bond donors (Lipinski definition) is 1. The Morgan fingerprint density at radius 2 is 2.17 bits per heavy atom. The molecule has 1 rings (SSSR count). The molecule has 1 heterocycles. The summed E-state index contributed by atoms with van der Waals surface area (Å²) in [5.41, 5.74) is -0.335. The fourth-order valence-corrected chi connectivity index (χ4v) is 2.17. The molecule has 5 nitrogen and oxygen atoms in total. The van der Waals surface area contributed by atoms with Crippen molar-refractivity contribution in [3.05, 3.63) is 16.1 Å². The molecule has 102 valence electrons. The molecular formula is C12H19NO4S. The van der Waals surface area contributed by atoms with Crippen LogP contribution in [0.2, 0.25) is 0 Å². The van der Waals surface area contributed by atoms with Gasteiger partial charge < -0.3 is 14.6 Å². The summed E-state index contributed by atoms with van der Waals surface area (Å²) in [6, 6.07) is 0. The predicted molar refractivity (Wildman–Crippen MR) is 69.2 cm³/mol. The third kappa shape index (κ3) is 4.04. The zero-order chi connectivity index (χ0) is 13.6. The Kier molecular flexibility index (Phi) is 5.71. The molecule has 0 aliphatic rings. The summed E-state index contributed by atoms with van der Waals surface area (Å²) < 4.78 is 10.2. The van der Waals surface area contributed by atoms with Crippen LogP contribution in [0.15, 0.2) is 5.38 Å². The largest absolute Gasteiger partial charge is 0.481 e. The van der Waals surface area contributed by atoms with E-state index in [9.17, 15) is 4.79 Å². The third-order valence-electron chi connectivity index (χ3n) is 2.62. The number of carboxylic acids is 1. The van der Waals surface area contributed by atoms with Gasteiger partial charge in [0.1, 0.15) is 5.41 Å². The zero-order valence-electron chi connectivity index (χ0n) is 10.9. The van der Waals surface area contributed by atoms with Crippen LogP contribution in [-0.2, 0) is 26.1 Å². The molecular weight excluding hydrogens is 254 g/mol. The number of ether oxygens (including phenoxy) is 2. The van der Waals surface area contributed by atoms with Gasteiger partial charge in [-0.05, 0) is 13.8 Å². The van der Waals surface area contributed by atoms with Crippen molar-refractivity contribution in [3.63, 3.8) is 0 Å². The summed E-state index contributed by atoms with van der Waals surface area (Å²) >= 11 is 1.47. The Morgan fingerprint density at radius 3 is 2.78 bits per heavy atom. The van der Waals surface area contributed by atoms with Crippen molar-refractivity contribution in [1.82, 2.24) is 4.98 Å². The highest BCUT2D eigenvalue weighted by atomic mass is 32.1. The molecule has 0 saturated carbocycles. The summed E-state index contributed by atoms with van der Waals surface area (Å²) in [5, 5.41) is 11.8. The van der Waals surface area contributed by atoms with Crippen LogP contribution in [0.25, 0.3) is 0 Å². The normalized spacial score (nSPS) is 11.7. The average molecular weight is 273 g/mol. The standard InChI is InChI=1S/C12H19NO4S/c1-12(2,11(14)15)9-8-18-10(13-9)4-5-17-7-6-16-3/h8H,4-7H2,1-3H3,(H,14,15). The summed E-state index contributed by atoms with van der Waals surface area (Å²) in [6.07, 6.45) is 0.698. The monoisotopic (exact) mass is 273 g/mol. The van der Waals surface area contributed by atoms with E-state index in [0.29, 0.717) is 31.9 Å². The molecule has 0 aliphatic heterocycles. The highest BCUT2D eigenvalue weighted by Crippen LogP contribution is 2.25. The van der Waals surface area contributed by atoms with Gasteiger partial charge in [0, 0.05) is 18.9 Å². The van der Waals surface area contributed by atoms with Gasteiger partial charge in [-0.3, -0.25) is 4.79 Å². The van der Waals surface area contributed by atoms with Crippen molar-refractivity contribution in [2.75, 3.05) is 26.9 Å². The number of nitrogens with zero attached hydrogens (tertiary/aromatic N) is 1. The van der Waals surface area contributed by atoms with E-state index in [1.165, 1.54) is 11.3 Å². The number of rotatable bonds is 8. The molecule has 0 fully saturated rings. The van der Waals surface area contributed by atoms with Crippen LogP contribution in [0, 0.1) is 0 Å². The molecule has 0 unspecified atom stereocenters. The quantitative estimate of drug-likeness (QED) is 0.730. The number of hydrogen-bond acceptors (Lipinski definition) is 5. The van der Waals surface area contributed by atoms with Crippen LogP contribution in [0.3, 0.4) is 0 Å². The van der Waals surface area contributed by atoms with Gasteiger partial charge in [-0.15, -0.1) is 11.3 Å². The Labute approximate surface area is 111 Å². The third-order valence-corrected chi connectivity index (χ3v) is 3.53. The minimum Gasteiger partial charge on any atom is -0.481 e. The number of carboxylic acid groups (broad SMARTS) is 1. The van der Waals surface area contributed by atoms with Gasteiger partial charge in [-0.2, -0.15) is 0 Å². The van der Waals surface area contributed by atoms with Crippen LogP contribution >= 0.6 is 11.3 Å². The minimum atomic E-state index is -0.939. The lowest BCUT2D eigenvalue weighted by Crippen LogP contribution is -2.28.